The second-order valence-electron chi connectivity index (χ2n) is 8.03. The van der Waals surface area contributed by atoms with Crippen LogP contribution in [0.3, 0.4) is 0 Å². The molecule has 0 radical (unpaired) electrons. The molecule has 4 rings (SSSR count). The van der Waals surface area contributed by atoms with Gasteiger partial charge in [-0.3, -0.25) is 10.2 Å². The zero-order valence-electron chi connectivity index (χ0n) is 19.5. The van der Waals surface area contributed by atoms with Gasteiger partial charge in [-0.2, -0.15) is 15.1 Å². The number of hydrazone groups is 1. The Morgan fingerprint density at radius 1 is 1.09 bits per heavy atom. The number of aryl methyl sites for hydroxylation is 1. The number of carbonyl (C=O) groups excluding carboxylic acids is 1. The highest BCUT2D eigenvalue weighted by molar-refractivity contribution is 8.27. The summed E-state index contributed by atoms with van der Waals surface area (Å²) in [5.41, 5.74) is 2.03. The molecule has 0 fully saturated rings. The summed E-state index contributed by atoms with van der Waals surface area (Å²) in [6.07, 6.45) is 1.62. The fourth-order valence-corrected chi connectivity index (χ4v) is 4.14. The van der Waals surface area contributed by atoms with Crippen LogP contribution in [0.15, 0.2) is 58.1 Å². The first-order chi connectivity index (χ1) is 16.4. The highest BCUT2D eigenvalue weighted by Crippen LogP contribution is 2.32. The minimum absolute atomic E-state index is 0.00528. The van der Waals surface area contributed by atoms with E-state index in [1.54, 1.807) is 31.4 Å². The lowest BCUT2D eigenvalue weighted by Crippen LogP contribution is -2.35. The van der Waals surface area contributed by atoms with Crippen molar-refractivity contribution >= 4 is 39.8 Å². The Balaban J connectivity index is 1.44. The van der Waals surface area contributed by atoms with E-state index in [-0.39, 0.29) is 17.3 Å². The van der Waals surface area contributed by atoms with Crippen molar-refractivity contribution in [3.63, 3.8) is 0 Å². The monoisotopic (exact) mass is 478 g/mol. The molecule has 2 aliphatic rings. The first-order valence-corrected chi connectivity index (χ1v) is 11.7. The Kier molecular flexibility index (Phi) is 7.02. The van der Waals surface area contributed by atoms with Gasteiger partial charge in [0, 0.05) is 5.92 Å². The fourth-order valence-electron chi connectivity index (χ4n) is 3.25. The van der Waals surface area contributed by atoms with Crippen molar-refractivity contribution in [2.45, 2.75) is 20.8 Å². The molecule has 0 atom stereocenters. The third kappa shape index (κ3) is 5.14. The van der Waals surface area contributed by atoms with Crippen molar-refractivity contribution in [1.82, 2.24) is 5.01 Å². The SMILES string of the molecule is COc1cc(C=C2C(=N)N3N=C(C(C)C)SC3=NC2=O)ccc1OCCOc1ccc(C)cc1. The number of rotatable bonds is 8. The Bertz CT molecular complexity index is 1200. The summed E-state index contributed by atoms with van der Waals surface area (Å²) in [4.78, 5) is 16.7. The number of benzene rings is 2. The Labute approximate surface area is 202 Å². The average molecular weight is 479 g/mol. The molecule has 2 aromatic rings. The summed E-state index contributed by atoms with van der Waals surface area (Å²) in [7, 11) is 1.55. The summed E-state index contributed by atoms with van der Waals surface area (Å²) >= 11 is 1.33. The molecule has 0 saturated heterocycles. The van der Waals surface area contributed by atoms with Crippen LogP contribution in [0.4, 0.5) is 0 Å². The molecule has 34 heavy (non-hydrogen) atoms. The maximum Gasteiger partial charge on any atom is 0.283 e. The van der Waals surface area contributed by atoms with E-state index in [1.165, 1.54) is 22.3 Å². The van der Waals surface area contributed by atoms with Crippen LogP contribution < -0.4 is 14.2 Å². The summed E-state index contributed by atoms with van der Waals surface area (Å²) in [6.45, 7) is 6.78. The Morgan fingerprint density at radius 3 is 2.53 bits per heavy atom. The van der Waals surface area contributed by atoms with Crippen LogP contribution in [-0.4, -0.2) is 47.3 Å². The number of methoxy groups -OCH3 is 1. The molecule has 2 aromatic carbocycles. The van der Waals surface area contributed by atoms with Crippen LogP contribution in [-0.2, 0) is 4.79 Å². The van der Waals surface area contributed by atoms with Crippen LogP contribution >= 0.6 is 11.8 Å². The van der Waals surface area contributed by atoms with Crippen LogP contribution in [0.2, 0.25) is 0 Å². The van der Waals surface area contributed by atoms with Crippen molar-refractivity contribution in [2.24, 2.45) is 16.0 Å². The van der Waals surface area contributed by atoms with Crippen molar-refractivity contribution in [1.29, 1.82) is 5.41 Å². The summed E-state index contributed by atoms with van der Waals surface area (Å²) in [5.74, 6) is 1.59. The van der Waals surface area contributed by atoms with Crippen LogP contribution in [0.25, 0.3) is 6.08 Å². The van der Waals surface area contributed by atoms with E-state index in [0.717, 1.165) is 10.8 Å². The maximum absolute atomic E-state index is 12.6. The zero-order valence-corrected chi connectivity index (χ0v) is 20.3. The van der Waals surface area contributed by atoms with E-state index in [1.807, 2.05) is 45.0 Å². The fraction of sp³-hybridized carbons (Fsp3) is 0.280. The molecule has 176 valence electrons. The smallest absolute Gasteiger partial charge is 0.283 e. The van der Waals surface area contributed by atoms with Gasteiger partial charge in [0.1, 0.15) is 24.0 Å². The van der Waals surface area contributed by atoms with Gasteiger partial charge in [0.05, 0.1) is 12.7 Å². The molecule has 1 N–H and O–H groups in total. The van der Waals surface area contributed by atoms with Crippen molar-refractivity contribution in [3.8, 4) is 17.2 Å². The largest absolute Gasteiger partial charge is 0.493 e. The molecular formula is C25H26N4O4S. The van der Waals surface area contributed by atoms with Gasteiger partial charge >= 0.3 is 0 Å². The van der Waals surface area contributed by atoms with Gasteiger partial charge in [-0.15, -0.1) is 0 Å². The summed E-state index contributed by atoms with van der Waals surface area (Å²) in [6, 6.07) is 13.2. The molecule has 9 heteroatoms. The normalized spacial score (nSPS) is 16.5. The lowest BCUT2D eigenvalue weighted by molar-refractivity contribution is -0.114. The van der Waals surface area contributed by atoms with E-state index in [4.69, 9.17) is 19.6 Å². The Morgan fingerprint density at radius 2 is 1.82 bits per heavy atom. The molecule has 2 aliphatic heterocycles. The van der Waals surface area contributed by atoms with E-state index in [2.05, 4.69) is 10.1 Å². The molecule has 0 aromatic heterocycles. The second kappa shape index (κ2) is 10.1. The molecule has 0 aliphatic carbocycles. The zero-order chi connectivity index (χ0) is 24.2. The van der Waals surface area contributed by atoms with Crippen LogP contribution in [0.1, 0.15) is 25.0 Å². The second-order valence-corrected chi connectivity index (χ2v) is 9.02. The van der Waals surface area contributed by atoms with Gasteiger partial charge < -0.3 is 14.2 Å². The number of carbonyl (C=O) groups is 1. The van der Waals surface area contributed by atoms with Crippen LogP contribution in [0.5, 0.6) is 17.2 Å². The predicted octanol–water partition coefficient (Wildman–Crippen LogP) is 4.74. The molecule has 8 nitrogen and oxygen atoms in total. The minimum atomic E-state index is -0.462. The summed E-state index contributed by atoms with van der Waals surface area (Å²) < 4.78 is 17.0. The van der Waals surface area contributed by atoms with Gasteiger partial charge in [0.15, 0.2) is 17.3 Å². The van der Waals surface area contributed by atoms with Gasteiger partial charge in [-0.05, 0) is 54.6 Å². The van der Waals surface area contributed by atoms with Gasteiger partial charge in [0.2, 0.25) is 5.17 Å². The highest BCUT2D eigenvalue weighted by atomic mass is 32.2. The van der Waals surface area contributed by atoms with Gasteiger partial charge in [-0.1, -0.05) is 37.6 Å². The lowest BCUT2D eigenvalue weighted by atomic mass is 10.1. The van der Waals surface area contributed by atoms with E-state index >= 15 is 0 Å². The number of fused-ring (bicyclic) bond motifs is 1. The maximum atomic E-state index is 12.6. The first kappa shape index (κ1) is 23.6. The Hall–Kier alpha value is -3.59. The quantitative estimate of drug-likeness (QED) is 0.435. The standard InChI is InChI=1S/C25H26N4O4S/c1-15(2)24-28-29-22(26)19(23(30)27-25(29)34-24)13-17-7-10-20(21(14-17)31-4)33-12-11-32-18-8-5-16(3)6-9-18/h5-10,13-15,26H,11-12H2,1-4H3. The number of ether oxygens (including phenoxy) is 3. The average Bonchev–Trinajstić information content (AvgIpc) is 3.25. The molecule has 0 spiro atoms. The number of thioether (sulfide) groups is 1. The van der Waals surface area contributed by atoms with E-state index in [0.29, 0.717) is 35.4 Å². The van der Waals surface area contributed by atoms with Gasteiger partial charge in [-0.25, -0.2) is 0 Å². The topological polar surface area (TPSA) is 96.6 Å². The van der Waals surface area contributed by atoms with Gasteiger partial charge in [0.25, 0.3) is 5.91 Å². The van der Waals surface area contributed by atoms with Crippen molar-refractivity contribution in [2.75, 3.05) is 20.3 Å². The molecule has 2 heterocycles. The minimum Gasteiger partial charge on any atom is -0.493 e. The predicted molar refractivity (Wildman–Crippen MR) is 135 cm³/mol. The third-order valence-electron chi connectivity index (χ3n) is 5.09. The first-order valence-electron chi connectivity index (χ1n) is 10.9. The number of aliphatic imine (C=N–C) groups is 1. The molecular weight excluding hydrogens is 452 g/mol. The summed E-state index contributed by atoms with van der Waals surface area (Å²) in [5, 5.41) is 15.6. The molecule has 1 amide bonds. The van der Waals surface area contributed by atoms with Crippen molar-refractivity contribution < 1.29 is 19.0 Å². The number of hydrogen-bond donors (Lipinski definition) is 1. The highest BCUT2D eigenvalue weighted by Gasteiger charge is 2.36. The molecule has 0 unspecified atom stereocenters. The number of amides is 1. The number of nitrogens with one attached hydrogen (secondary N) is 1. The third-order valence-corrected chi connectivity index (χ3v) is 6.30. The molecule has 0 saturated carbocycles. The number of amidine groups is 2. The lowest BCUT2D eigenvalue weighted by Gasteiger charge is -2.20. The van der Waals surface area contributed by atoms with Crippen molar-refractivity contribution in [3.05, 3.63) is 59.2 Å². The number of nitrogens with zero attached hydrogens (tertiary/aromatic N) is 3. The number of hydrogen-bond acceptors (Lipinski definition) is 7. The van der Waals surface area contributed by atoms with E-state index < -0.39 is 5.91 Å². The van der Waals surface area contributed by atoms with Crippen LogP contribution in [0, 0.1) is 18.3 Å². The molecule has 0 bridgehead atoms. The van der Waals surface area contributed by atoms with E-state index in [9.17, 15) is 4.79 Å².